The Kier molecular flexibility index (Phi) is 5.30. The van der Waals surface area contributed by atoms with Crippen molar-refractivity contribution >= 4 is 5.97 Å². The summed E-state index contributed by atoms with van der Waals surface area (Å²) in [5.41, 5.74) is 5.08. The summed E-state index contributed by atoms with van der Waals surface area (Å²) in [4.78, 5) is 21.7. The number of hydrogen-bond donors (Lipinski definition) is 1. The van der Waals surface area contributed by atoms with Crippen molar-refractivity contribution in [2.75, 3.05) is 6.61 Å². The summed E-state index contributed by atoms with van der Waals surface area (Å²) < 4.78 is 5.63. The second kappa shape index (κ2) is 8.03. The van der Waals surface area contributed by atoms with Gasteiger partial charge in [0.2, 0.25) is 0 Å². The van der Waals surface area contributed by atoms with Crippen molar-refractivity contribution in [3.8, 4) is 28.4 Å². The number of aryl methyl sites for hydroxylation is 1. The molecule has 3 aromatic rings. The molecule has 1 N–H and O–H groups in total. The van der Waals surface area contributed by atoms with Gasteiger partial charge in [-0.25, -0.2) is 9.97 Å². The van der Waals surface area contributed by atoms with Gasteiger partial charge in [-0.3, -0.25) is 4.79 Å². The first-order valence-corrected chi connectivity index (χ1v) is 10.0. The summed E-state index contributed by atoms with van der Waals surface area (Å²) >= 11 is 0. The van der Waals surface area contributed by atoms with E-state index >= 15 is 0 Å². The van der Waals surface area contributed by atoms with E-state index in [0.29, 0.717) is 35.8 Å². The molecule has 0 saturated heterocycles. The van der Waals surface area contributed by atoms with Gasteiger partial charge in [-0.15, -0.1) is 0 Å². The lowest BCUT2D eigenvalue weighted by Gasteiger charge is -2.19. The molecule has 2 aromatic carbocycles. The Morgan fingerprint density at radius 3 is 2.66 bits per heavy atom. The first-order valence-electron chi connectivity index (χ1n) is 10.0. The lowest BCUT2D eigenvalue weighted by atomic mass is 9.89. The SMILES string of the molecule is CCCC(C(=O)O)c1c(C)nc(-c2ccccc2)nc1-c1ccc2c(c1)CCO2. The van der Waals surface area contributed by atoms with E-state index in [-0.39, 0.29) is 0 Å². The van der Waals surface area contributed by atoms with Crippen LogP contribution in [-0.2, 0) is 11.2 Å². The molecule has 1 aromatic heterocycles. The number of benzene rings is 2. The van der Waals surface area contributed by atoms with E-state index in [9.17, 15) is 9.90 Å². The molecule has 0 radical (unpaired) electrons. The quantitative estimate of drug-likeness (QED) is 0.642. The molecule has 0 saturated carbocycles. The first-order chi connectivity index (χ1) is 14.1. The molecule has 5 heteroatoms. The number of nitrogens with zero attached hydrogens (tertiary/aromatic N) is 2. The third-order valence-electron chi connectivity index (χ3n) is 5.36. The topological polar surface area (TPSA) is 72.3 Å². The zero-order valence-corrected chi connectivity index (χ0v) is 16.7. The highest BCUT2D eigenvalue weighted by molar-refractivity contribution is 5.81. The van der Waals surface area contributed by atoms with Gasteiger partial charge in [-0.05, 0) is 37.1 Å². The number of aromatic nitrogens is 2. The fourth-order valence-electron chi connectivity index (χ4n) is 3.95. The van der Waals surface area contributed by atoms with Crippen LogP contribution in [0.25, 0.3) is 22.6 Å². The first kappa shape index (κ1) is 19.1. The number of hydrogen-bond acceptors (Lipinski definition) is 4. The molecule has 148 valence electrons. The number of ether oxygens (including phenoxy) is 1. The molecule has 1 unspecified atom stereocenters. The van der Waals surface area contributed by atoms with Gasteiger partial charge in [0.15, 0.2) is 5.82 Å². The number of carboxylic acids is 1. The van der Waals surface area contributed by atoms with E-state index in [1.807, 2.05) is 56.3 Å². The highest BCUT2D eigenvalue weighted by atomic mass is 16.5. The number of rotatable bonds is 6. The molecule has 1 aliphatic heterocycles. The van der Waals surface area contributed by atoms with E-state index < -0.39 is 11.9 Å². The maximum atomic E-state index is 12.1. The van der Waals surface area contributed by atoms with Crippen molar-refractivity contribution in [2.45, 2.75) is 39.0 Å². The van der Waals surface area contributed by atoms with Crippen molar-refractivity contribution in [3.63, 3.8) is 0 Å². The monoisotopic (exact) mass is 388 g/mol. The molecule has 0 aliphatic carbocycles. The van der Waals surface area contributed by atoms with Gasteiger partial charge >= 0.3 is 5.97 Å². The van der Waals surface area contributed by atoms with E-state index in [0.717, 1.165) is 35.3 Å². The molecule has 0 amide bonds. The molecule has 4 rings (SSSR count). The minimum Gasteiger partial charge on any atom is -0.493 e. The standard InChI is InChI=1S/C24H24N2O3/c1-3-7-19(24(27)28)21-15(2)25-23(16-8-5-4-6-9-16)26-22(21)18-10-11-20-17(14-18)12-13-29-20/h4-6,8-11,14,19H,3,7,12-13H2,1-2H3,(H,27,28). The van der Waals surface area contributed by atoms with Crippen LogP contribution in [0.15, 0.2) is 48.5 Å². The highest BCUT2D eigenvalue weighted by Gasteiger charge is 2.27. The largest absolute Gasteiger partial charge is 0.493 e. The van der Waals surface area contributed by atoms with Crippen LogP contribution in [0.3, 0.4) is 0 Å². The van der Waals surface area contributed by atoms with Crippen molar-refractivity contribution in [1.82, 2.24) is 9.97 Å². The minimum atomic E-state index is -0.836. The Labute approximate surface area is 170 Å². The molecular weight excluding hydrogens is 364 g/mol. The average molecular weight is 388 g/mol. The molecular formula is C24H24N2O3. The Bertz CT molecular complexity index is 1050. The Morgan fingerprint density at radius 1 is 1.14 bits per heavy atom. The van der Waals surface area contributed by atoms with E-state index in [4.69, 9.17) is 9.72 Å². The second-order valence-corrected chi connectivity index (χ2v) is 7.36. The third kappa shape index (κ3) is 3.73. The van der Waals surface area contributed by atoms with Crippen LogP contribution in [0.2, 0.25) is 0 Å². The van der Waals surface area contributed by atoms with Crippen LogP contribution in [0.1, 0.15) is 42.5 Å². The van der Waals surface area contributed by atoms with Gasteiger partial charge in [-0.1, -0.05) is 43.7 Å². The molecule has 5 nitrogen and oxygen atoms in total. The van der Waals surface area contributed by atoms with Gasteiger partial charge in [0.05, 0.1) is 18.2 Å². The van der Waals surface area contributed by atoms with E-state index in [1.165, 1.54) is 0 Å². The summed E-state index contributed by atoms with van der Waals surface area (Å²) in [5, 5.41) is 9.92. The Morgan fingerprint density at radius 2 is 1.93 bits per heavy atom. The second-order valence-electron chi connectivity index (χ2n) is 7.36. The molecule has 0 spiro atoms. The maximum Gasteiger partial charge on any atom is 0.311 e. The van der Waals surface area contributed by atoms with Gasteiger partial charge < -0.3 is 9.84 Å². The van der Waals surface area contributed by atoms with Crippen molar-refractivity contribution in [3.05, 3.63) is 65.4 Å². The fraction of sp³-hybridized carbons (Fsp3) is 0.292. The minimum absolute atomic E-state index is 0.547. The number of fused-ring (bicyclic) bond motifs is 1. The van der Waals surface area contributed by atoms with Gasteiger partial charge in [-0.2, -0.15) is 0 Å². The zero-order chi connectivity index (χ0) is 20.4. The van der Waals surface area contributed by atoms with Gasteiger partial charge in [0.1, 0.15) is 5.75 Å². The number of aliphatic carboxylic acids is 1. The van der Waals surface area contributed by atoms with Gasteiger partial charge in [0, 0.05) is 28.8 Å². The Hall–Kier alpha value is -3.21. The molecule has 29 heavy (non-hydrogen) atoms. The summed E-state index contributed by atoms with van der Waals surface area (Å²) in [6.45, 7) is 4.56. The lowest BCUT2D eigenvalue weighted by molar-refractivity contribution is -0.139. The highest BCUT2D eigenvalue weighted by Crippen LogP contribution is 2.37. The maximum absolute atomic E-state index is 12.1. The summed E-state index contributed by atoms with van der Waals surface area (Å²) in [5.74, 6) is 0.0352. The molecule has 0 fully saturated rings. The van der Waals surface area contributed by atoms with Crippen molar-refractivity contribution in [1.29, 1.82) is 0 Å². The summed E-state index contributed by atoms with van der Waals surface area (Å²) in [7, 11) is 0. The number of carboxylic acid groups (broad SMARTS) is 1. The number of carbonyl (C=O) groups is 1. The van der Waals surface area contributed by atoms with Crippen LogP contribution in [0, 0.1) is 6.92 Å². The van der Waals surface area contributed by atoms with E-state index in [1.54, 1.807) is 0 Å². The smallest absolute Gasteiger partial charge is 0.311 e. The molecule has 2 heterocycles. The van der Waals surface area contributed by atoms with Crippen LogP contribution >= 0.6 is 0 Å². The van der Waals surface area contributed by atoms with Crippen LogP contribution in [0.4, 0.5) is 0 Å². The zero-order valence-electron chi connectivity index (χ0n) is 16.7. The van der Waals surface area contributed by atoms with E-state index in [2.05, 4.69) is 11.1 Å². The van der Waals surface area contributed by atoms with Crippen molar-refractivity contribution < 1.29 is 14.6 Å². The summed E-state index contributed by atoms with van der Waals surface area (Å²) in [6.07, 6.45) is 2.17. The van der Waals surface area contributed by atoms with Gasteiger partial charge in [0.25, 0.3) is 0 Å². The van der Waals surface area contributed by atoms with Crippen LogP contribution in [0.5, 0.6) is 5.75 Å². The third-order valence-corrected chi connectivity index (χ3v) is 5.36. The normalized spacial score (nSPS) is 13.6. The average Bonchev–Trinajstić information content (AvgIpc) is 3.20. The Balaban J connectivity index is 1.94. The predicted molar refractivity (Wildman–Crippen MR) is 112 cm³/mol. The lowest BCUT2D eigenvalue weighted by Crippen LogP contribution is -2.16. The van der Waals surface area contributed by atoms with Crippen molar-refractivity contribution in [2.24, 2.45) is 0 Å². The molecule has 0 bridgehead atoms. The molecule has 1 atom stereocenters. The summed E-state index contributed by atoms with van der Waals surface area (Å²) in [6, 6.07) is 15.8. The van der Waals surface area contributed by atoms with Crippen LogP contribution in [-0.4, -0.2) is 27.7 Å². The predicted octanol–water partition coefficient (Wildman–Crippen LogP) is 5.02. The fourth-order valence-corrected chi connectivity index (χ4v) is 3.95. The molecule has 1 aliphatic rings. The van der Waals surface area contributed by atoms with Crippen LogP contribution < -0.4 is 4.74 Å².